The summed E-state index contributed by atoms with van der Waals surface area (Å²) in [6.07, 6.45) is 0.182. The number of nitrogens with one attached hydrogen (secondary N) is 1. The molecule has 2 aromatic carbocycles. The molecule has 0 aliphatic rings. The van der Waals surface area contributed by atoms with Gasteiger partial charge in [0.25, 0.3) is 0 Å². The zero-order chi connectivity index (χ0) is 19.1. The summed E-state index contributed by atoms with van der Waals surface area (Å²) in [6.45, 7) is 4.04. The van der Waals surface area contributed by atoms with Crippen molar-refractivity contribution < 1.29 is 14.3 Å². The molecule has 0 fully saturated rings. The second kappa shape index (κ2) is 9.25. The number of anilines is 1. The van der Waals surface area contributed by atoms with Gasteiger partial charge in [0, 0.05) is 31.5 Å². The molecule has 0 unspecified atom stereocenters. The zero-order valence-electron chi connectivity index (χ0n) is 15.2. The number of carbonyl (C=O) groups excluding carboxylic acids is 2. The van der Waals surface area contributed by atoms with Crippen molar-refractivity contribution in [1.82, 2.24) is 5.32 Å². The van der Waals surface area contributed by atoms with Crippen molar-refractivity contribution in [3.05, 3.63) is 58.6 Å². The first-order valence-corrected chi connectivity index (χ1v) is 8.73. The smallest absolute Gasteiger partial charge is 0.223 e. The molecular weight excluding hydrogens is 352 g/mol. The molecule has 0 aliphatic carbocycles. The summed E-state index contributed by atoms with van der Waals surface area (Å²) < 4.78 is 5.35. The second-order valence-electron chi connectivity index (χ2n) is 5.96. The van der Waals surface area contributed by atoms with Crippen LogP contribution >= 0.6 is 11.6 Å². The lowest BCUT2D eigenvalue weighted by atomic mass is 10.1. The number of benzene rings is 2. The highest BCUT2D eigenvalue weighted by atomic mass is 35.5. The number of halogens is 1. The average Bonchev–Trinajstić information content (AvgIpc) is 2.61. The number of methoxy groups -OCH3 is 1. The fourth-order valence-corrected chi connectivity index (χ4v) is 2.80. The Kier molecular flexibility index (Phi) is 7.04. The number of amides is 2. The maximum absolute atomic E-state index is 12.2. The second-order valence-corrected chi connectivity index (χ2v) is 6.37. The van der Waals surface area contributed by atoms with Crippen LogP contribution in [0.1, 0.15) is 24.5 Å². The Morgan fingerprint density at radius 3 is 2.58 bits per heavy atom. The molecule has 0 aromatic heterocycles. The van der Waals surface area contributed by atoms with Crippen molar-refractivity contribution in [2.45, 2.75) is 26.8 Å². The van der Waals surface area contributed by atoms with Crippen molar-refractivity contribution in [3.63, 3.8) is 0 Å². The summed E-state index contributed by atoms with van der Waals surface area (Å²) >= 11 is 6.09. The highest BCUT2D eigenvalue weighted by Gasteiger charge is 2.17. The van der Waals surface area contributed by atoms with E-state index in [0.29, 0.717) is 23.0 Å². The molecule has 138 valence electrons. The predicted molar refractivity (Wildman–Crippen MR) is 104 cm³/mol. The van der Waals surface area contributed by atoms with E-state index >= 15 is 0 Å². The number of nitrogens with zero attached hydrogens (tertiary/aromatic N) is 1. The van der Waals surface area contributed by atoms with Crippen LogP contribution in [-0.4, -0.2) is 25.5 Å². The molecule has 1 N–H and O–H groups in total. The Morgan fingerprint density at radius 2 is 1.92 bits per heavy atom. The van der Waals surface area contributed by atoms with Gasteiger partial charge in [-0.15, -0.1) is 0 Å². The third-order valence-electron chi connectivity index (χ3n) is 4.00. The third-order valence-corrected chi connectivity index (χ3v) is 4.37. The number of hydrogen-bond donors (Lipinski definition) is 1. The minimum atomic E-state index is -0.150. The van der Waals surface area contributed by atoms with Gasteiger partial charge in [0.1, 0.15) is 5.75 Å². The number of hydrogen-bond acceptors (Lipinski definition) is 3. The standard InChI is InChI=1S/C20H23ClN2O3/c1-14-8-9-19(26-3)18(12-14)23(15(2)24)11-10-20(25)22-13-16-6-4-5-7-17(16)21/h4-9,12H,10-11,13H2,1-3H3,(H,22,25). The van der Waals surface area contributed by atoms with Gasteiger partial charge in [-0.1, -0.05) is 35.9 Å². The molecule has 0 spiro atoms. The number of ether oxygens (including phenoxy) is 1. The Morgan fingerprint density at radius 1 is 1.19 bits per heavy atom. The Balaban J connectivity index is 2.00. The van der Waals surface area contributed by atoms with Crippen LogP contribution in [0.5, 0.6) is 5.75 Å². The number of rotatable bonds is 7. The summed E-state index contributed by atoms with van der Waals surface area (Å²) in [5.74, 6) is 0.304. The van der Waals surface area contributed by atoms with Crippen molar-refractivity contribution in [2.75, 3.05) is 18.6 Å². The van der Waals surface area contributed by atoms with E-state index in [1.165, 1.54) is 6.92 Å². The van der Waals surface area contributed by atoms with E-state index in [4.69, 9.17) is 16.3 Å². The zero-order valence-corrected chi connectivity index (χ0v) is 16.0. The van der Waals surface area contributed by atoms with E-state index in [1.54, 1.807) is 18.1 Å². The molecule has 0 saturated carbocycles. The third kappa shape index (κ3) is 5.23. The van der Waals surface area contributed by atoms with Crippen LogP contribution in [0.25, 0.3) is 0 Å². The van der Waals surface area contributed by atoms with Gasteiger partial charge in [-0.25, -0.2) is 0 Å². The molecule has 26 heavy (non-hydrogen) atoms. The molecule has 0 heterocycles. The van der Waals surface area contributed by atoms with Gasteiger partial charge >= 0.3 is 0 Å². The van der Waals surface area contributed by atoms with Crippen molar-refractivity contribution in [2.24, 2.45) is 0 Å². The van der Waals surface area contributed by atoms with E-state index in [2.05, 4.69) is 5.32 Å². The quantitative estimate of drug-likeness (QED) is 0.803. The summed E-state index contributed by atoms with van der Waals surface area (Å²) in [5, 5.41) is 3.45. The van der Waals surface area contributed by atoms with Gasteiger partial charge in [-0.2, -0.15) is 0 Å². The first kappa shape index (κ1) is 19.8. The molecule has 6 heteroatoms. The van der Waals surface area contributed by atoms with Gasteiger partial charge in [-0.3, -0.25) is 9.59 Å². The van der Waals surface area contributed by atoms with E-state index in [0.717, 1.165) is 11.1 Å². The monoisotopic (exact) mass is 374 g/mol. The van der Waals surface area contributed by atoms with Gasteiger partial charge in [0.2, 0.25) is 11.8 Å². The minimum Gasteiger partial charge on any atom is -0.495 e. The molecule has 0 radical (unpaired) electrons. The molecule has 5 nitrogen and oxygen atoms in total. The van der Waals surface area contributed by atoms with Crippen LogP contribution in [0.4, 0.5) is 5.69 Å². The Hall–Kier alpha value is -2.53. The molecule has 0 aliphatic heterocycles. The van der Waals surface area contributed by atoms with Gasteiger partial charge in [0.15, 0.2) is 0 Å². The van der Waals surface area contributed by atoms with Crippen LogP contribution < -0.4 is 15.0 Å². The normalized spacial score (nSPS) is 10.3. The molecule has 0 saturated heterocycles. The van der Waals surface area contributed by atoms with Crippen molar-refractivity contribution in [3.8, 4) is 5.75 Å². The largest absolute Gasteiger partial charge is 0.495 e. The maximum atomic E-state index is 12.2. The highest BCUT2D eigenvalue weighted by Crippen LogP contribution is 2.29. The molecule has 2 aromatic rings. The summed E-state index contributed by atoms with van der Waals surface area (Å²) in [6, 6.07) is 13.0. The summed E-state index contributed by atoms with van der Waals surface area (Å²) in [7, 11) is 1.56. The topological polar surface area (TPSA) is 58.6 Å². The molecule has 0 bridgehead atoms. The maximum Gasteiger partial charge on any atom is 0.223 e. The van der Waals surface area contributed by atoms with Crippen LogP contribution in [0.2, 0.25) is 5.02 Å². The van der Waals surface area contributed by atoms with E-state index in [1.807, 2.05) is 43.3 Å². The fourth-order valence-electron chi connectivity index (χ4n) is 2.60. The van der Waals surface area contributed by atoms with Crippen molar-refractivity contribution in [1.29, 1.82) is 0 Å². The van der Waals surface area contributed by atoms with Crippen LogP contribution in [-0.2, 0) is 16.1 Å². The van der Waals surface area contributed by atoms with Crippen molar-refractivity contribution >= 4 is 29.1 Å². The highest BCUT2D eigenvalue weighted by molar-refractivity contribution is 6.31. The van der Waals surface area contributed by atoms with E-state index in [9.17, 15) is 9.59 Å². The van der Waals surface area contributed by atoms with Gasteiger partial charge in [0.05, 0.1) is 12.8 Å². The van der Waals surface area contributed by atoms with Gasteiger partial charge < -0.3 is 15.0 Å². The molecule has 2 amide bonds. The van der Waals surface area contributed by atoms with Crippen LogP contribution in [0.3, 0.4) is 0 Å². The lowest BCUT2D eigenvalue weighted by molar-refractivity contribution is -0.121. The average molecular weight is 375 g/mol. The summed E-state index contributed by atoms with van der Waals surface area (Å²) in [4.78, 5) is 25.8. The number of aryl methyl sites for hydroxylation is 1. The first-order valence-electron chi connectivity index (χ1n) is 8.35. The predicted octanol–water partition coefficient (Wildman–Crippen LogP) is 3.72. The number of carbonyl (C=O) groups is 2. The van der Waals surface area contributed by atoms with Crippen LogP contribution in [0, 0.1) is 6.92 Å². The van der Waals surface area contributed by atoms with E-state index in [-0.39, 0.29) is 24.8 Å². The first-order chi connectivity index (χ1) is 12.4. The molecular formula is C20H23ClN2O3. The fraction of sp³-hybridized carbons (Fsp3) is 0.300. The Bertz CT molecular complexity index is 792. The van der Waals surface area contributed by atoms with E-state index < -0.39 is 0 Å². The minimum absolute atomic E-state index is 0.146. The van der Waals surface area contributed by atoms with Crippen LogP contribution in [0.15, 0.2) is 42.5 Å². The van der Waals surface area contributed by atoms with Gasteiger partial charge in [-0.05, 0) is 36.2 Å². The lowest BCUT2D eigenvalue weighted by Gasteiger charge is -2.23. The molecule has 0 atom stereocenters. The molecule has 2 rings (SSSR count). The lowest BCUT2D eigenvalue weighted by Crippen LogP contribution is -2.34. The summed E-state index contributed by atoms with van der Waals surface area (Å²) in [5.41, 5.74) is 2.53. The SMILES string of the molecule is COc1ccc(C)cc1N(CCC(=O)NCc1ccccc1Cl)C(C)=O. The Labute approximate surface area is 158 Å².